The van der Waals surface area contributed by atoms with Crippen LogP contribution in [0.4, 0.5) is 0 Å². The Balaban J connectivity index is 2.34. The van der Waals surface area contributed by atoms with Gasteiger partial charge in [0, 0.05) is 19.4 Å². The van der Waals surface area contributed by atoms with Crippen molar-refractivity contribution in [2.45, 2.75) is 0 Å². The van der Waals surface area contributed by atoms with Gasteiger partial charge in [0.15, 0.2) is 0 Å². The van der Waals surface area contributed by atoms with Crippen LogP contribution < -0.4 is 0 Å². The molecule has 0 aromatic heterocycles. The Morgan fingerprint density at radius 3 is 2.89 bits per heavy atom. The van der Waals surface area contributed by atoms with E-state index in [2.05, 4.69) is 6.07 Å². The maximum atomic E-state index is 8.27. The van der Waals surface area contributed by atoms with Gasteiger partial charge in [0.05, 0.1) is 12.7 Å². The molecule has 3 heteroatoms. The van der Waals surface area contributed by atoms with E-state index in [1.165, 1.54) is 0 Å². The molecule has 0 saturated heterocycles. The molecule has 0 bridgehead atoms. The smallest absolute Gasteiger partial charge is 0.107 e. The van der Waals surface area contributed by atoms with E-state index in [0.29, 0.717) is 6.54 Å². The van der Waals surface area contributed by atoms with E-state index >= 15 is 0 Å². The van der Waals surface area contributed by atoms with Gasteiger partial charge in [-0.1, -0.05) is 0 Å². The van der Waals surface area contributed by atoms with E-state index in [1.54, 1.807) is 0 Å². The molecule has 48 valence electrons. The number of hydrogen-bond acceptors (Lipinski definition) is 3. The van der Waals surface area contributed by atoms with Gasteiger partial charge < -0.3 is 9.80 Å². The number of nitriles is 1. The monoisotopic (exact) mass is 123 g/mol. The van der Waals surface area contributed by atoms with Crippen LogP contribution in [0.1, 0.15) is 0 Å². The van der Waals surface area contributed by atoms with Gasteiger partial charge in [-0.05, 0) is 0 Å². The molecule has 1 aliphatic rings. The lowest BCUT2D eigenvalue weighted by molar-refractivity contribution is 0.321. The molecule has 1 rings (SSSR count). The van der Waals surface area contributed by atoms with Gasteiger partial charge in [-0.2, -0.15) is 5.26 Å². The van der Waals surface area contributed by atoms with Crippen LogP contribution in [0.2, 0.25) is 0 Å². The minimum absolute atomic E-state index is 0.487. The summed E-state index contributed by atoms with van der Waals surface area (Å²) in [5, 5.41) is 8.27. The van der Waals surface area contributed by atoms with E-state index in [4.69, 9.17) is 5.26 Å². The molecule has 0 spiro atoms. The molecule has 0 radical (unpaired) electrons. The standard InChI is InChI=1S/C6H9N3/c1-8-4-5-9(6-8)3-2-7/h4-5H,3,6H2,1H3. The molecule has 1 heterocycles. The second-order valence-electron chi connectivity index (χ2n) is 2.10. The highest BCUT2D eigenvalue weighted by Crippen LogP contribution is 2.00. The maximum absolute atomic E-state index is 8.27. The predicted octanol–water partition coefficient (Wildman–Crippen LogP) is 0.186. The van der Waals surface area contributed by atoms with Gasteiger partial charge in [-0.3, -0.25) is 0 Å². The second kappa shape index (κ2) is 2.40. The van der Waals surface area contributed by atoms with Gasteiger partial charge in [0.2, 0.25) is 0 Å². The number of rotatable bonds is 1. The van der Waals surface area contributed by atoms with Gasteiger partial charge in [0.1, 0.15) is 6.54 Å². The average molecular weight is 123 g/mol. The first-order chi connectivity index (χ1) is 4.33. The van der Waals surface area contributed by atoms with Crippen LogP contribution in [0.3, 0.4) is 0 Å². The van der Waals surface area contributed by atoms with E-state index in [0.717, 1.165) is 6.67 Å². The minimum Gasteiger partial charge on any atom is -0.362 e. The van der Waals surface area contributed by atoms with Crippen molar-refractivity contribution in [3.05, 3.63) is 12.4 Å². The Kier molecular flexibility index (Phi) is 1.59. The summed E-state index contributed by atoms with van der Waals surface area (Å²) in [7, 11) is 1.98. The summed E-state index contributed by atoms with van der Waals surface area (Å²) in [6.07, 6.45) is 3.88. The molecule has 9 heavy (non-hydrogen) atoms. The van der Waals surface area contributed by atoms with E-state index in [9.17, 15) is 0 Å². The summed E-state index contributed by atoms with van der Waals surface area (Å²) in [5.74, 6) is 0. The van der Waals surface area contributed by atoms with Crippen LogP contribution in [0.15, 0.2) is 12.4 Å². The van der Waals surface area contributed by atoms with Crippen molar-refractivity contribution in [1.82, 2.24) is 9.80 Å². The lowest BCUT2D eigenvalue weighted by atomic mass is 10.6. The third kappa shape index (κ3) is 1.36. The lowest BCUT2D eigenvalue weighted by Crippen LogP contribution is -2.22. The molecule has 0 fully saturated rings. The van der Waals surface area contributed by atoms with E-state index < -0.39 is 0 Å². The fourth-order valence-electron chi connectivity index (χ4n) is 0.782. The molecule has 0 aromatic rings. The normalized spacial score (nSPS) is 16.4. The molecule has 0 saturated carbocycles. The van der Waals surface area contributed by atoms with Crippen LogP contribution >= 0.6 is 0 Å². The van der Waals surface area contributed by atoms with Crippen molar-refractivity contribution in [3.8, 4) is 6.07 Å². The van der Waals surface area contributed by atoms with E-state index in [-0.39, 0.29) is 0 Å². The van der Waals surface area contributed by atoms with Crippen molar-refractivity contribution in [2.24, 2.45) is 0 Å². The highest BCUT2D eigenvalue weighted by Gasteiger charge is 2.05. The molecule has 0 aliphatic carbocycles. The lowest BCUT2D eigenvalue weighted by Gasteiger charge is -2.13. The third-order valence-corrected chi connectivity index (χ3v) is 1.21. The first-order valence-corrected chi connectivity index (χ1v) is 2.82. The zero-order chi connectivity index (χ0) is 6.69. The van der Waals surface area contributed by atoms with Crippen LogP contribution in [0.25, 0.3) is 0 Å². The van der Waals surface area contributed by atoms with Crippen LogP contribution in [-0.2, 0) is 0 Å². The fourth-order valence-corrected chi connectivity index (χ4v) is 0.782. The summed E-state index contributed by atoms with van der Waals surface area (Å²) in [4.78, 5) is 3.97. The summed E-state index contributed by atoms with van der Waals surface area (Å²) in [6, 6.07) is 2.08. The van der Waals surface area contributed by atoms with Crippen LogP contribution in [0, 0.1) is 11.3 Å². The van der Waals surface area contributed by atoms with Crippen LogP contribution in [0.5, 0.6) is 0 Å². The Morgan fingerprint density at radius 2 is 2.44 bits per heavy atom. The summed E-state index contributed by atoms with van der Waals surface area (Å²) >= 11 is 0. The molecular weight excluding hydrogens is 114 g/mol. The van der Waals surface area contributed by atoms with Crippen LogP contribution in [-0.4, -0.2) is 30.1 Å². The van der Waals surface area contributed by atoms with Gasteiger partial charge >= 0.3 is 0 Å². The van der Waals surface area contributed by atoms with Crippen molar-refractivity contribution in [3.63, 3.8) is 0 Å². The van der Waals surface area contributed by atoms with Gasteiger partial charge in [-0.15, -0.1) is 0 Å². The Bertz CT molecular complexity index is 156. The summed E-state index contributed by atoms with van der Waals surface area (Å²) < 4.78 is 0. The first-order valence-electron chi connectivity index (χ1n) is 2.82. The fraction of sp³-hybridized carbons (Fsp3) is 0.500. The summed E-state index contributed by atoms with van der Waals surface area (Å²) in [5.41, 5.74) is 0. The molecule has 0 unspecified atom stereocenters. The zero-order valence-electron chi connectivity index (χ0n) is 5.41. The SMILES string of the molecule is CN1C=CN(CC#N)C1. The Morgan fingerprint density at radius 1 is 1.67 bits per heavy atom. The van der Waals surface area contributed by atoms with E-state index in [1.807, 2.05) is 29.2 Å². The predicted molar refractivity (Wildman–Crippen MR) is 34.1 cm³/mol. The molecule has 0 amide bonds. The second-order valence-corrected chi connectivity index (χ2v) is 2.10. The van der Waals surface area contributed by atoms with Crippen molar-refractivity contribution in [2.75, 3.05) is 20.3 Å². The number of nitrogens with zero attached hydrogens (tertiary/aromatic N) is 3. The topological polar surface area (TPSA) is 30.3 Å². The van der Waals surface area contributed by atoms with Crippen molar-refractivity contribution >= 4 is 0 Å². The Labute approximate surface area is 54.8 Å². The third-order valence-electron chi connectivity index (χ3n) is 1.21. The number of hydrogen-bond donors (Lipinski definition) is 0. The first kappa shape index (κ1) is 5.96. The largest absolute Gasteiger partial charge is 0.362 e. The highest BCUT2D eigenvalue weighted by atomic mass is 15.3. The maximum Gasteiger partial charge on any atom is 0.107 e. The average Bonchev–Trinajstić information content (AvgIpc) is 2.17. The van der Waals surface area contributed by atoms with Gasteiger partial charge in [-0.25, -0.2) is 0 Å². The highest BCUT2D eigenvalue weighted by molar-refractivity contribution is 4.92. The summed E-state index contributed by atoms with van der Waals surface area (Å²) in [6.45, 7) is 1.33. The Hall–Kier alpha value is -1.17. The quantitative estimate of drug-likeness (QED) is 0.466. The minimum atomic E-state index is 0.487. The molecule has 3 nitrogen and oxygen atoms in total. The molecule has 0 aromatic carbocycles. The zero-order valence-corrected chi connectivity index (χ0v) is 5.41. The molecule has 0 atom stereocenters. The molecule has 1 aliphatic heterocycles. The molecule has 0 N–H and O–H groups in total. The van der Waals surface area contributed by atoms with Crippen molar-refractivity contribution < 1.29 is 0 Å². The van der Waals surface area contributed by atoms with Crippen molar-refractivity contribution in [1.29, 1.82) is 5.26 Å². The molecular formula is C6H9N3. The van der Waals surface area contributed by atoms with Gasteiger partial charge in [0.25, 0.3) is 0 Å².